The number of allylic oxidation sites excluding steroid dienone is 4. The molecular weight excluding hydrogens is 553 g/mol. The number of rotatable bonds is 20. The number of primary amides is 3. The van der Waals surface area contributed by atoms with Crippen LogP contribution >= 0.6 is 0 Å². The molecule has 0 atom stereocenters. The van der Waals surface area contributed by atoms with Crippen molar-refractivity contribution in [3.05, 3.63) is 22.5 Å². The predicted molar refractivity (Wildman–Crippen MR) is 173 cm³/mol. The second-order valence-corrected chi connectivity index (χ2v) is 24.3. The van der Waals surface area contributed by atoms with E-state index < -0.39 is 6.45 Å². The van der Waals surface area contributed by atoms with Gasteiger partial charge in [0.25, 0.3) is 0 Å². The van der Waals surface area contributed by atoms with Gasteiger partial charge in [0.05, 0.1) is 0 Å². The first-order valence-electron chi connectivity index (χ1n) is 15.8. The number of unbranched alkanes of at least 4 members (excludes halogenated alkanes) is 12. The fourth-order valence-electron chi connectivity index (χ4n) is 3.66. The van der Waals surface area contributed by atoms with Crippen molar-refractivity contribution in [2.45, 2.75) is 162 Å². The molecule has 6 N–H and O–H groups in total. The van der Waals surface area contributed by atoms with Crippen LogP contribution in [0.3, 0.4) is 0 Å². The Hall–Kier alpha value is -1.31. The van der Waals surface area contributed by atoms with Crippen LogP contribution in [-0.4, -0.2) is 24.2 Å². The third kappa shape index (κ3) is 46.5. The summed E-state index contributed by atoms with van der Waals surface area (Å²) in [6, 6.07) is 0. The molecule has 0 bridgehead atoms. The minimum atomic E-state index is -0.737. The van der Waals surface area contributed by atoms with Crippen LogP contribution in [0.1, 0.15) is 143 Å². The Balaban J connectivity index is -0.000000456. The van der Waals surface area contributed by atoms with E-state index in [1.54, 1.807) is 4.28 Å². The van der Waals surface area contributed by atoms with E-state index in [9.17, 15) is 14.4 Å². The van der Waals surface area contributed by atoms with E-state index in [2.05, 4.69) is 58.6 Å². The van der Waals surface area contributed by atoms with Gasteiger partial charge in [0, 0.05) is 19.3 Å². The molecule has 0 radical (unpaired) electrons. The standard InChI is InChI=1S/3C8H17NO.C5H5.C3H9Si.V/c3*1-2-3-4-5-6-7-8(9)10;1-2-4-5-3-1;1-4(2)3;/h3*2-7H2,1H3,(H2,9,10);1-3H,4H2;1-3H3;. The summed E-state index contributed by atoms with van der Waals surface area (Å²) in [6.07, 6.45) is 26.6. The molecule has 0 aliphatic heterocycles. The van der Waals surface area contributed by atoms with Crippen molar-refractivity contribution in [1.82, 2.24) is 0 Å². The molecule has 0 unspecified atom stereocenters. The number of hydrogen-bond acceptors (Lipinski definition) is 3. The van der Waals surface area contributed by atoms with Crippen molar-refractivity contribution in [3.63, 3.8) is 0 Å². The molecule has 0 fully saturated rings. The molecule has 0 aromatic rings. The summed E-state index contributed by atoms with van der Waals surface area (Å²) in [7, 11) is 0. The Labute approximate surface area is 255 Å². The second-order valence-electron chi connectivity index (χ2n) is 11.5. The van der Waals surface area contributed by atoms with Crippen molar-refractivity contribution in [2.24, 2.45) is 17.2 Å². The fourth-order valence-corrected chi connectivity index (χ4v) is 9.80. The van der Waals surface area contributed by atoms with Gasteiger partial charge in [-0.3, -0.25) is 14.4 Å². The molecule has 6 nitrogen and oxygen atoms in total. The molecule has 0 aromatic heterocycles. The predicted octanol–water partition coefficient (Wildman–Crippen LogP) is 8.24. The van der Waals surface area contributed by atoms with Gasteiger partial charge in [-0.1, -0.05) is 97.8 Å². The Bertz CT molecular complexity index is 620. The van der Waals surface area contributed by atoms with Crippen LogP contribution < -0.4 is 17.2 Å². The van der Waals surface area contributed by atoms with E-state index in [1.165, 1.54) is 64.2 Å². The summed E-state index contributed by atoms with van der Waals surface area (Å²) in [6.45, 7) is 13.9. The van der Waals surface area contributed by atoms with Gasteiger partial charge >= 0.3 is 70.6 Å². The summed E-state index contributed by atoms with van der Waals surface area (Å²) in [4.78, 5) is 30.8. The van der Waals surface area contributed by atoms with Crippen LogP contribution in [0.15, 0.2) is 22.5 Å². The zero-order chi connectivity index (χ0) is 31.1. The summed E-state index contributed by atoms with van der Waals surface area (Å²) < 4.78 is 1.73. The first kappa shape index (κ1) is 43.1. The molecule has 1 rings (SSSR count). The van der Waals surface area contributed by atoms with Crippen molar-refractivity contribution < 1.29 is 30.0 Å². The molecule has 0 saturated carbocycles. The second kappa shape index (κ2) is 32.2. The molecule has 40 heavy (non-hydrogen) atoms. The van der Waals surface area contributed by atoms with Gasteiger partial charge in [0.2, 0.25) is 17.7 Å². The summed E-state index contributed by atoms with van der Waals surface area (Å²) in [5.74, 6) is -0.510. The van der Waals surface area contributed by atoms with Crippen LogP contribution in [0.5, 0.6) is 0 Å². The van der Waals surface area contributed by atoms with Crippen molar-refractivity contribution >= 4 is 24.2 Å². The Morgan fingerprint density at radius 3 is 1.18 bits per heavy atom. The number of nitrogens with two attached hydrogens (primary N) is 3. The van der Waals surface area contributed by atoms with E-state index in [1.807, 2.05) is 0 Å². The molecule has 235 valence electrons. The van der Waals surface area contributed by atoms with Gasteiger partial charge in [-0.2, -0.15) is 0 Å². The molecule has 8 heteroatoms. The van der Waals surface area contributed by atoms with Gasteiger partial charge in [0.1, 0.15) is 0 Å². The topological polar surface area (TPSA) is 129 Å². The van der Waals surface area contributed by atoms with E-state index in [-0.39, 0.29) is 17.7 Å². The third-order valence-electron chi connectivity index (χ3n) is 5.81. The van der Waals surface area contributed by atoms with Crippen LogP contribution in [0.4, 0.5) is 0 Å². The average Bonchev–Trinajstić information content (AvgIpc) is 3.36. The van der Waals surface area contributed by atoms with Crippen molar-refractivity contribution in [2.75, 3.05) is 0 Å². The molecule has 1 aliphatic carbocycles. The average molecular weight is 619 g/mol. The van der Waals surface area contributed by atoms with E-state index in [0.717, 1.165) is 38.5 Å². The van der Waals surface area contributed by atoms with Crippen LogP contribution in [0.25, 0.3) is 0 Å². The SMILES string of the molecule is CCCCCCCC(N)=O.CCCCCCCC(N)=O.CCCCCCCC(N)=O.C[Si](C)(C)[V][C]1=CC=CC1. The van der Waals surface area contributed by atoms with E-state index in [0.29, 0.717) is 34.9 Å². The minimum absolute atomic E-state index is 0.170. The van der Waals surface area contributed by atoms with Gasteiger partial charge in [-0.15, -0.1) is 0 Å². The van der Waals surface area contributed by atoms with Crippen LogP contribution in [-0.2, 0) is 30.0 Å². The Morgan fingerprint density at radius 2 is 0.950 bits per heavy atom. The number of amides is 3. The normalized spacial score (nSPS) is 11.6. The van der Waals surface area contributed by atoms with Gasteiger partial charge in [-0.25, -0.2) is 0 Å². The molecule has 0 aromatic carbocycles. The zero-order valence-corrected chi connectivity index (χ0v) is 29.5. The van der Waals surface area contributed by atoms with E-state index >= 15 is 0 Å². The Morgan fingerprint density at radius 1 is 0.625 bits per heavy atom. The van der Waals surface area contributed by atoms with Crippen LogP contribution in [0.2, 0.25) is 19.6 Å². The quantitative estimate of drug-likeness (QED) is 0.0938. The molecular formula is C32H65N3O3SiV. The summed E-state index contributed by atoms with van der Waals surface area (Å²) in [5.41, 5.74) is 14.9. The monoisotopic (exact) mass is 618 g/mol. The van der Waals surface area contributed by atoms with Gasteiger partial charge in [-0.05, 0) is 19.3 Å². The number of carbonyl (C=O) groups is 3. The Kier molecular flexibility index (Phi) is 34.7. The van der Waals surface area contributed by atoms with Crippen LogP contribution in [0, 0.1) is 0 Å². The molecule has 1 aliphatic rings. The molecule has 3 amide bonds. The van der Waals surface area contributed by atoms with Gasteiger partial charge in [0.15, 0.2) is 0 Å². The molecule has 0 saturated heterocycles. The third-order valence-corrected chi connectivity index (χ3v) is 11.8. The first-order valence-corrected chi connectivity index (χ1v) is 22.1. The number of hydrogen-bond donors (Lipinski definition) is 3. The fraction of sp³-hybridized carbons (Fsp3) is 0.781. The maximum atomic E-state index is 10.3. The summed E-state index contributed by atoms with van der Waals surface area (Å²) in [5, 5.41) is 0. The van der Waals surface area contributed by atoms with Crippen molar-refractivity contribution in [1.29, 1.82) is 0 Å². The maximum absolute atomic E-state index is 10.3. The summed E-state index contributed by atoms with van der Waals surface area (Å²) >= 11 is 0.557. The molecule has 0 spiro atoms. The molecule has 0 heterocycles. The number of carbonyl (C=O) groups excluding carboxylic acids is 3. The first-order chi connectivity index (χ1) is 18.9. The van der Waals surface area contributed by atoms with E-state index in [4.69, 9.17) is 17.2 Å². The van der Waals surface area contributed by atoms with Gasteiger partial charge < -0.3 is 17.2 Å². The van der Waals surface area contributed by atoms with Crippen molar-refractivity contribution in [3.8, 4) is 0 Å². The zero-order valence-electron chi connectivity index (χ0n) is 27.1.